The molecular formula is C9H14N2O4S. The second-order valence-corrected chi connectivity index (χ2v) is 6.52. The Hall–Kier alpha value is -1.37. The SMILES string of the molecule is CC(C)(C)c1[nH]c(S(C)(=O)=O)nc1C(=O)O. The van der Waals surface area contributed by atoms with Crippen LogP contribution in [0.1, 0.15) is 37.0 Å². The number of carboxylic acid groups (broad SMARTS) is 1. The lowest BCUT2D eigenvalue weighted by Crippen LogP contribution is -2.16. The maximum atomic E-state index is 11.3. The van der Waals surface area contributed by atoms with E-state index < -0.39 is 21.2 Å². The number of nitrogens with zero attached hydrogens (tertiary/aromatic N) is 1. The Morgan fingerprint density at radius 3 is 2.12 bits per heavy atom. The predicted molar refractivity (Wildman–Crippen MR) is 57.4 cm³/mol. The lowest BCUT2D eigenvalue weighted by atomic mass is 9.91. The Balaban J connectivity index is 3.50. The fraction of sp³-hybridized carbons (Fsp3) is 0.556. The quantitative estimate of drug-likeness (QED) is 0.804. The highest BCUT2D eigenvalue weighted by molar-refractivity contribution is 7.90. The maximum Gasteiger partial charge on any atom is 0.356 e. The number of hydrogen-bond donors (Lipinski definition) is 2. The summed E-state index contributed by atoms with van der Waals surface area (Å²) in [5, 5.41) is 8.62. The van der Waals surface area contributed by atoms with Crippen LogP contribution in [0.25, 0.3) is 0 Å². The van der Waals surface area contributed by atoms with Gasteiger partial charge in [0.2, 0.25) is 15.0 Å². The van der Waals surface area contributed by atoms with Crippen molar-refractivity contribution in [3.05, 3.63) is 11.4 Å². The van der Waals surface area contributed by atoms with E-state index in [0.717, 1.165) is 6.26 Å². The summed E-state index contributed by atoms with van der Waals surface area (Å²) < 4.78 is 22.5. The second-order valence-electron chi connectivity index (χ2n) is 4.59. The molecule has 0 saturated heterocycles. The lowest BCUT2D eigenvalue weighted by molar-refractivity contribution is 0.0688. The molecule has 90 valence electrons. The van der Waals surface area contributed by atoms with Crippen molar-refractivity contribution in [2.45, 2.75) is 31.3 Å². The molecule has 0 saturated carbocycles. The molecule has 1 heterocycles. The van der Waals surface area contributed by atoms with E-state index in [4.69, 9.17) is 5.11 Å². The maximum absolute atomic E-state index is 11.3. The molecule has 0 atom stereocenters. The third-order valence-electron chi connectivity index (χ3n) is 1.99. The van der Waals surface area contributed by atoms with Gasteiger partial charge in [0.15, 0.2) is 5.69 Å². The van der Waals surface area contributed by atoms with Crippen molar-refractivity contribution < 1.29 is 18.3 Å². The van der Waals surface area contributed by atoms with Crippen LogP contribution >= 0.6 is 0 Å². The summed E-state index contributed by atoms with van der Waals surface area (Å²) in [6.45, 7) is 5.33. The van der Waals surface area contributed by atoms with Crippen molar-refractivity contribution in [1.82, 2.24) is 9.97 Å². The number of sulfone groups is 1. The Kier molecular flexibility index (Phi) is 2.84. The predicted octanol–water partition coefficient (Wildman–Crippen LogP) is 0.809. The molecule has 0 unspecified atom stereocenters. The van der Waals surface area contributed by atoms with Gasteiger partial charge in [-0.3, -0.25) is 0 Å². The third kappa shape index (κ3) is 2.41. The van der Waals surface area contributed by atoms with Gasteiger partial charge in [-0.2, -0.15) is 0 Å². The molecule has 0 aromatic carbocycles. The average Bonchev–Trinajstić information content (AvgIpc) is 2.44. The zero-order valence-corrected chi connectivity index (χ0v) is 10.3. The van der Waals surface area contributed by atoms with Gasteiger partial charge in [0.05, 0.1) is 5.69 Å². The van der Waals surface area contributed by atoms with Gasteiger partial charge < -0.3 is 10.1 Å². The number of aromatic nitrogens is 2. The summed E-state index contributed by atoms with van der Waals surface area (Å²) in [6, 6.07) is 0. The first kappa shape index (κ1) is 12.7. The van der Waals surface area contributed by atoms with Crippen molar-refractivity contribution in [1.29, 1.82) is 0 Å². The van der Waals surface area contributed by atoms with E-state index in [1.807, 2.05) is 0 Å². The minimum atomic E-state index is -3.53. The molecule has 0 aliphatic carbocycles. The summed E-state index contributed by atoms with van der Waals surface area (Å²) >= 11 is 0. The monoisotopic (exact) mass is 246 g/mol. The van der Waals surface area contributed by atoms with Crippen LogP contribution in [0.15, 0.2) is 5.16 Å². The molecule has 1 aromatic rings. The number of imidazole rings is 1. The molecular weight excluding hydrogens is 232 g/mol. The van der Waals surface area contributed by atoms with Crippen molar-refractivity contribution >= 4 is 15.8 Å². The van der Waals surface area contributed by atoms with Gasteiger partial charge >= 0.3 is 5.97 Å². The van der Waals surface area contributed by atoms with Gasteiger partial charge in [0.1, 0.15) is 0 Å². The molecule has 0 aliphatic rings. The van der Waals surface area contributed by atoms with Crippen LogP contribution in [-0.4, -0.2) is 35.7 Å². The number of rotatable bonds is 2. The van der Waals surface area contributed by atoms with E-state index in [2.05, 4.69) is 9.97 Å². The summed E-state index contributed by atoms with van der Waals surface area (Å²) in [5.41, 5.74) is -0.447. The molecule has 2 N–H and O–H groups in total. The van der Waals surface area contributed by atoms with Gasteiger partial charge in [0, 0.05) is 11.7 Å². The highest BCUT2D eigenvalue weighted by atomic mass is 32.2. The first-order valence-electron chi connectivity index (χ1n) is 4.57. The zero-order chi connectivity index (χ0) is 12.7. The second kappa shape index (κ2) is 3.58. The lowest BCUT2D eigenvalue weighted by Gasteiger charge is -2.16. The van der Waals surface area contributed by atoms with Gasteiger partial charge in [-0.15, -0.1) is 0 Å². The smallest absolute Gasteiger partial charge is 0.356 e. The van der Waals surface area contributed by atoms with Crippen molar-refractivity contribution in [2.75, 3.05) is 6.26 Å². The van der Waals surface area contributed by atoms with Crippen LogP contribution in [0, 0.1) is 0 Å². The molecule has 16 heavy (non-hydrogen) atoms. The van der Waals surface area contributed by atoms with Crippen LogP contribution in [0.2, 0.25) is 0 Å². The minimum Gasteiger partial charge on any atom is -0.476 e. The molecule has 1 rings (SSSR count). The highest BCUT2D eigenvalue weighted by Crippen LogP contribution is 2.25. The van der Waals surface area contributed by atoms with Gasteiger partial charge in [0.25, 0.3) is 0 Å². The van der Waals surface area contributed by atoms with Gasteiger partial charge in [-0.05, 0) is 0 Å². The first-order chi connectivity index (χ1) is 7.03. The number of aromatic carboxylic acids is 1. The third-order valence-corrected chi connectivity index (χ3v) is 2.88. The number of nitrogens with one attached hydrogen (secondary N) is 1. The number of carbonyl (C=O) groups is 1. The Labute approximate surface area is 93.6 Å². The molecule has 0 amide bonds. The van der Waals surface area contributed by atoms with Crippen molar-refractivity contribution in [3.63, 3.8) is 0 Å². The van der Waals surface area contributed by atoms with Gasteiger partial charge in [-0.25, -0.2) is 18.2 Å². The molecule has 0 spiro atoms. The molecule has 7 heteroatoms. The topological polar surface area (TPSA) is 100 Å². The Bertz CT molecular complexity index is 522. The largest absolute Gasteiger partial charge is 0.476 e. The Morgan fingerprint density at radius 1 is 1.38 bits per heavy atom. The number of H-pyrrole nitrogens is 1. The summed E-state index contributed by atoms with van der Waals surface area (Å²) in [4.78, 5) is 17.1. The molecule has 0 bridgehead atoms. The fourth-order valence-corrected chi connectivity index (χ4v) is 1.77. The van der Waals surface area contributed by atoms with Crippen LogP contribution in [0.3, 0.4) is 0 Å². The van der Waals surface area contributed by atoms with E-state index >= 15 is 0 Å². The zero-order valence-electron chi connectivity index (χ0n) is 9.53. The van der Waals surface area contributed by atoms with E-state index in [9.17, 15) is 13.2 Å². The molecule has 0 fully saturated rings. The number of carboxylic acids is 1. The molecule has 1 aromatic heterocycles. The normalized spacial score (nSPS) is 12.8. The minimum absolute atomic E-state index is 0.243. The van der Waals surface area contributed by atoms with Crippen LogP contribution < -0.4 is 0 Å². The molecule has 0 radical (unpaired) electrons. The first-order valence-corrected chi connectivity index (χ1v) is 6.46. The number of hydrogen-bond acceptors (Lipinski definition) is 4. The van der Waals surface area contributed by atoms with Gasteiger partial charge in [-0.1, -0.05) is 20.8 Å². The number of aromatic amines is 1. The fourth-order valence-electron chi connectivity index (χ4n) is 1.22. The van der Waals surface area contributed by atoms with E-state index in [-0.39, 0.29) is 10.9 Å². The van der Waals surface area contributed by atoms with Crippen LogP contribution in [0.4, 0.5) is 0 Å². The van der Waals surface area contributed by atoms with Crippen LogP contribution in [0.5, 0.6) is 0 Å². The summed E-state index contributed by atoms with van der Waals surface area (Å²) in [6.07, 6.45) is 0.976. The molecule has 0 aliphatic heterocycles. The van der Waals surface area contributed by atoms with Crippen molar-refractivity contribution in [2.24, 2.45) is 0 Å². The average molecular weight is 246 g/mol. The standard InChI is InChI=1S/C9H14N2O4S/c1-9(2,3)6-5(7(12)13)10-8(11-6)16(4,14)15/h1-4H3,(H,10,11)(H,12,13). The molecule has 6 nitrogen and oxygen atoms in total. The van der Waals surface area contributed by atoms with E-state index in [1.165, 1.54) is 0 Å². The van der Waals surface area contributed by atoms with E-state index in [0.29, 0.717) is 5.69 Å². The Morgan fingerprint density at radius 2 is 1.88 bits per heavy atom. The summed E-state index contributed by atoms with van der Waals surface area (Å²) in [7, 11) is -3.53. The summed E-state index contributed by atoms with van der Waals surface area (Å²) in [5.74, 6) is -1.24. The van der Waals surface area contributed by atoms with Crippen molar-refractivity contribution in [3.8, 4) is 0 Å². The highest BCUT2D eigenvalue weighted by Gasteiger charge is 2.28. The van der Waals surface area contributed by atoms with Crippen LogP contribution in [-0.2, 0) is 15.3 Å². The van der Waals surface area contributed by atoms with E-state index in [1.54, 1.807) is 20.8 Å².